The highest BCUT2D eigenvalue weighted by molar-refractivity contribution is 6.14. The molecule has 2 aliphatic heterocycles. The first-order valence-corrected chi connectivity index (χ1v) is 11.8. The second kappa shape index (κ2) is 11.9. The minimum Gasteiger partial charge on any atom is -0.380 e. The Morgan fingerprint density at radius 3 is 2.30 bits per heavy atom. The van der Waals surface area contributed by atoms with Gasteiger partial charge in [-0.05, 0) is 23.8 Å². The van der Waals surface area contributed by atoms with Crippen LogP contribution in [0.25, 0.3) is 0 Å². The largest absolute Gasteiger partial charge is 0.380 e. The first-order chi connectivity index (χ1) is 17.9. The third kappa shape index (κ3) is 6.57. The van der Waals surface area contributed by atoms with E-state index in [2.05, 4.69) is 17.2 Å². The van der Waals surface area contributed by atoms with Crippen LogP contribution in [0.2, 0.25) is 0 Å². The fraction of sp³-hybridized carbons (Fsp3) is 0.250. The zero-order valence-electron chi connectivity index (χ0n) is 20.1. The van der Waals surface area contributed by atoms with Crippen molar-refractivity contribution in [1.29, 1.82) is 0 Å². The fourth-order valence-corrected chi connectivity index (χ4v) is 3.86. The number of nitrogens with one attached hydrogen (secondary N) is 1. The van der Waals surface area contributed by atoms with E-state index in [9.17, 15) is 24.0 Å². The van der Waals surface area contributed by atoms with Crippen LogP contribution in [-0.4, -0.2) is 60.6 Å². The second-order valence-electron chi connectivity index (χ2n) is 8.43. The molecular weight excluding hydrogens is 474 g/mol. The van der Waals surface area contributed by atoms with Crippen molar-refractivity contribution in [2.24, 2.45) is 0 Å². The Kier molecular flexibility index (Phi) is 8.23. The van der Waals surface area contributed by atoms with Crippen LogP contribution >= 0.6 is 0 Å². The number of para-hydroxylation sites is 1. The summed E-state index contributed by atoms with van der Waals surface area (Å²) in [6.45, 7) is -0.0382. The topological polar surface area (TPSA) is 113 Å². The molecule has 0 unspecified atom stereocenters. The van der Waals surface area contributed by atoms with Crippen molar-refractivity contribution >= 4 is 35.1 Å². The number of nitrogens with zero attached hydrogens (tertiary/aromatic N) is 2. The number of rotatable bonds is 10. The van der Waals surface area contributed by atoms with Crippen LogP contribution in [0.15, 0.2) is 60.7 Å². The molecule has 2 heterocycles. The van der Waals surface area contributed by atoms with E-state index in [-0.39, 0.29) is 56.7 Å². The molecule has 9 heteroatoms. The summed E-state index contributed by atoms with van der Waals surface area (Å²) in [5.41, 5.74) is 3.19. The first kappa shape index (κ1) is 25.5. The number of amides is 4. The fourth-order valence-electron chi connectivity index (χ4n) is 3.86. The summed E-state index contributed by atoms with van der Waals surface area (Å²) in [6.07, 6.45) is 2.26. The van der Waals surface area contributed by atoms with Gasteiger partial charge in [0.25, 0.3) is 11.8 Å². The molecule has 0 atom stereocenters. The summed E-state index contributed by atoms with van der Waals surface area (Å²) in [7, 11) is 0. The third-order valence-electron chi connectivity index (χ3n) is 5.84. The Balaban J connectivity index is 1.22. The lowest BCUT2D eigenvalue weighted by molar-refractivity contribution is -0.140. The molecule has 0 aromatic heterocycles. The molecular formula is C28H25N3O6. The molecule has 0 saturated carbocycles. The Hall–Kier alpha value is -4.55. The molecule has 0 radical (unpaired) electrons. The molecule has 0 fully saturated rings. The highest BCUT2D eigenvalue weighted by atomic mass is 16.5. The van der Waals surface area contributed by atoms with E-state index in [0.717, 1.165) is 33.7 Å². The van der Waals surface area contributed by atoms with Crippen molar-refractivity contribution < 1.29 is 28.7 Å². The van der Waals surface area contributed by atoms with Gasteiger partial charge in [0.1, 0.15) is 0 Å². The lowest BCUT2D eigenvalue weighted by Crippen LogP contribution is -2.40. The van der Waals surface area contributed by atoms with Gasteiger partial charge >= 0.3 is 0 Å². The molecule has 2 aromatic rings. The van der Waals surface area contributed by atoms with Crippen LogP contribution in [0.4, 0.5) is 5.69 Å². The quantitative estimate of drug-likeness (QED) is 0.300. The molecule has 2 aliphatic rings. The van der Waals surface area contributed by atoms with E-state index in [1.54, 1.807) is 4.90 Å². The third-order valence-corrected chi connectivity index (χ3v) is 5.84. The molecule has 1 N–H and O–H groups in total. The molecule has 0 spiro atoms. The average Bonchev–Trinajstić information content (AvgIpc) is 3.20. The van der Waals surface area contributed by atoms with Crippen molar-refractivity contribution in [2.45, 2.75) is 19.4 Å². The number of benzene rings is 2. The number of ether oxygens (including phenoxy) is 1. The second-order valence-corrected chi connectivity index (χ2v) is 8.43. The zero-order chi connectivity index (χ0) is 26.2. The molecule has 4 rings (SSSR count). The van der Waals surface area contributed by atoms with Gasteiger partial charge in [0, 0.05) is 36.1 Å². The van der Waals surface area contributed by atoms with Crippen LogP contribution in [0.3, 0.4) is 0 Å². The Morgan fingerprint density at radius 2 is 1.51 bits per heavy atom. The number of hydrogen-bond acceptors (Lipinski definition) is 6. The molecule has 37 heavy (non-hydrogen) atoms. The minimum absolute atomic E-state index is 0.00982. The van der Waals surface area contributed by atoms with Crippen molar-refractivity contribution in [3.05, 3.63) is 77.4 Å². The normalized spacial score (nSPS) is 13.7. The van der Waals surface area contributed by atoms with Gasteiger partial charge in [0.2, 0.25) is 11.8 Å². The number of imide groups is 1. The molecule has 4 amide bonds. The maximum absolute atomic E-state index is 13.1. The van der Waals surface area contributed by atoms with E-state index < -0.39 is 11.8 Å². The predicted octanol–water partition coefficient (Wildman–Crippen LogP) is 1.34. The highest BCUT2D eigenvalue weighted by Crippen LogP contribution is 2.25. The van der Waals surface area contributed by atoms with Crippen LogP contribution in [0.5, 0.6) is 0 Å². The first-order valence-electron chi connectivity index (χ1n) is 11.8. The molecule has 188 valence electrons. The monoisotopic (exact) mass is 499 g/mol. The summed E-state index contributed by atoms with van der Waals surface area (Å²) >= 11 is 0. The average molecular weight is 500 g/mol. The van der Waals surface area contributed by atoms with Crippen LogP contribution in [0.1, 0.15) is 29.5 Å². The maximum atomic E-state index is 13.1. The van der Waals surface area contributed by atoms with Crippen molar-refractivity contribution in [1.82, 2.24) is 10.2 Å². The van der Waals surface area contributed by atoms with Crippen LogP contribution < -0.4 is 10.2 Å². The summed E-state index contributed by atoms with van der Waals surface area (Å²) < 4.78 is 5.34. The van der Waals surface area contributed by atoms with Gasteiger partial charge in [-0.2, -0.15) is 0 Å². The van der Waals surface area contributed by atoms with Gasteiger partial charge < -0.3 is 15.0 Å². The summed E-state index contributed by atoms with van der Waals surface area (Å²) in [5, 5.41) is 2.63. The van der Waals surface area contributed by atoms with Gasteiger partial charge in [-0.3, -0.25) is 28.9 Å². The lowest BCUT2D eigenvalue weighted by atomic mass is 10.0. The van der Waals surface area contributed by atoms with Gasteiger partial charge in [0.15, 0.2) is 5.78 Å². The number of carbonyl (C=O) groups excluding carboxylic acids is 5. The van der Waals surface area contributed by atoms with E-state index >= 15 is 0 Å². The van der Waals surface area contributed by atoms with Gasteiger partial charge in [-0.25, -0.2) is 0 Å². The molecule has 0 bridgehead atoms. The van der Waals surface area contributed by atoms with Crippen molar-refractivity contribution in [3.8, 4) is 11.8 Å². The van der Waals surface area contributed by atoms with E-state index in [1.807, 2.05) is 48.5 Å². The summed E-state index contributed by atoms with van der Waals surface area (Å²) in [5.74, 6) is 4.32. The number of anilines is 1. The van der Waals surface area contributed by atoms with E-state index in [1.165, 1.54) is 0 Å². The molecule has 9 nitrogen and oxygen atoms in total. The van der Waals surface area contributed by atoms with Crippen LogP contribution in [0, 0.1) is 11.8 Å². The SMILES string of the molecule is O=C(CCOCCC(=O)NCC(=O)N1Cc2ccccc2C#Cc2ccccc21)CN1C(=O)C=CC1=O. The molecule has 0 saturated heterocycles. The lowest BCUT2D eigenvalue weighted by Gasteiger charge is -2.26. The summed E-state index contributed by atoms with van der Waals surface area (Å²) in [4.78, 5) is 62.8. The number of carbonyl (C=O) groups is 5. The van der Waals surface area contributed by atoms with E-state index in [0.29, 0.717) is 12.2 Å². The summed E-state index contributed by atoms with van der Waals surface area (Å²) in [6, 6.07) is 15.0. The van der Waals surface area contributed by atoms with Gasteiger partial charge in [0.05, 0.1) is 38.5 Å². The predicted molar refractivity (Wildman–Crippen MR) is 134 cm³/mol. The smallest absolute Gasteiger partial charge is 0.254 e. The molecule has 2 aromatic carbocycles. The highest BCUT2D eigenvalue weighted by Gasteiger charge is 2.25. The number of hydrogen-bond donors (Lipinski definition) is 1. The number of fused-ring (bicyclic) bond motifs is 2. The molecule has 0 aliphatic carbocycles. The van der Waals surface area contributed by atoms with Gasteiger partial charge in [-0.15, -0.1) is 0 Å². The Morgan fingerprint density at radius 1 is 0.865 bits per heavy atom. The van der Waals surface area contributed by atoms with Crippen molar-refractivity contribution in [2.75, 3.05) is 31.2 Å². The standard InChI is InChI=1S/C28H25N3O6/c32-23(19-31-26(34)11-12-27(31)35)13-15-37-16-14-25(33)29-17-28(36)30-18-22-7-2-1-5-20(22)9-10-21-6-3-4-8-24(21)30/h1-8,11-12H,13-19H2,(H,29,33). The maximum Gasteiger partial charge on any atom is 0.254 e. The number of Topliss-reactive ketones (excluding diaryl/α,β-unsaturated/α-hetero) is 1. The zero-order valence-corrected chi connectivity index (χ0v) is 20.1. The Bertz CT molecular complexity index is 1320. The Labute approximate surface area is 214 Å². The van der Waals surface area contributed by atoms with E-state index in [4.69, 9.17) is 4.74 Å². The van der Waals surface area contributed by atoms with Crippen LogP contribution in [-0.2, 0) is 35.3 Å². The van der Waals surface area contributed by atoms with Crippen molar-refractivity contribution in [3.63, 3.8) is 0 Å². The minimum atomic E-state index is -0.512. The van der Waals surface area contributed by atoms with Gasteiger partial charge in [-0.1, -0.05) is 42.2 Å². The number of ketones is 1.